The summed E-state index contributed by atoms with van der Waals surface area (Å²) in [4.78, 5) is 35.9. The van der Waals surface area contributed by atoms with Gasteiger partial charge in [-0.25, -0.2) is 9.18 Å². The normalized spacial score (nSPS) is 11.4. The van der Waals surface area contributed by atoms with E-state index in [2.05, 4.69) is 10.6 Å². The third kappa shape index (κ3) is 5.76. The lowest BCUT2D eigenvalue weighted by Gasteiger charge is -2.25. The number of nitrogens with one attached hydrogen (secondary N) is 2. The summed E-state index contributed by atoms with van der Waals surface area (Å²) in [6.45, 7) is 1.71. The van der Waals surface area contributed by atoms with Gasteiger partial charge < -0.3 is 15.5 Å². The monoisotopic (exact) mass is 388 g/mol. The molecule has 0 saturated heterocycles. The molecule has 2 aromatic rings. The average Bonchev–Trinajstić information content (AvgIpc) is 2.70. The minimum absolute atomic E-state index is 0.0523. The van der Waals surface area contributed by atoms with Crippen LogP contribution >= 0.6 is 0 Å². The number of likely N-dealkylation sites (N-methyl/N-ethyl adjacent to an activating group) is 1. The second-order valence-electron chi connectivity index (χ2n) is 6.20. The maximum atomic E-state index is 12.8. The fourth-order valence-electron chi connectivity index (χ4n) is 2.47. The van der Waals surface area contributed by atoms with E-state index in [1.54, 1.807) is 38.2 Å². The number of rotatable bonds is 7. The number of amides is 3. The van der Waals surface area contributed by atoms with Crippen molar-refractivity contribution in [3.8, 4) is 0 Å². The zero-order chi connectivity index (χ0) is 20.7. The number of halogens is 1. The lowest BCUT2D eigenvalue weighted by molar-refractivity contribution is -0.384. The van der Waals surface area contributed by atoms with Gasteiger partial charge in [0.15, 0.2) is 0 Å². The molecular weight excluding hydrogens is 367 g/mol. The Hall–Kier alpha value is -3.49. The highest BCUT2D eigenvalue weighted by Crippen LogP contribution is 2.22. The van der Waals surface area contributed by atoms with Crippen LogP contribution in [0.15, 0.2) is 48.5 Å². The van der Waals surface area contributed by atoms with Crippen LogP contribution in [0.5, 0.6) is 0 Å². The van der Waals surface area contributed by atoms with Gasteiger partial charge in [-0.3, -0.25) is 14.9 Å². The Morgan fingerprint density at radius 1 is 1.18 bits per heavy atom. The topological polar surface area (TPSA) is 105 Å². The predicted molar refractivity (Wildman–Crippen MR) is 101 cm³/mol. The van der Waals surface area contributed by atoms with Gasteiger partial charge in [0.05, 0.1) is 17.5 Å². The summed E-state index contributed by atoms with van der Waals surface area (Å²) in [5.74, 6) is -0.712. The Kier molecular flexibility index (Phi) is 7.02. The summed E-state index contributed by atoms with van der Waals surface area (Å²) >= 11 is 0. The van der Waals surface area contributed by atoms with Gasteiger partial charge in [0.25, 0.3) is 5.69 Å². The largest absolute Gasteiger partial charge is 0.337 e. The number of non-ortho nitro benzene ring substituents is 1. The van der Waals surface area contributed by atoms with Crippen molar-refractivity contribution in [3.05, 3.63) is 75.6 Å². The van der Waals surface area contributed by atoms with Crippen molar-refractivity contribution >= 4 is 17.6 Å². The van der Waals surface area contributed by atoms with Crippen LogP contribution in [-0.4, -0.2) is 35.4 Å². The molecule has 148 valence electrons. The fourth-order valence-corrected chi connectivity index (χ4v) is 2.47. The second-order valence-corrected chi connectivity index (χ2v) is 6.20. The van der Waals surface area contributed by atoms with Crippen LogP contribution in [0.1, 0.15) is 24.1 Å². The van der Waals surface area contributed by atoms with Crippen LogP contribution in [0.2, 0.25) is 0 Å². The molecule has 0 bridgehead atoms. The molecule has 28 heavy (non-hydrogen) atoms. The van der Waals surface area contributed by atoms with Crippen molar-refractivity contribution in [3.63, 3.8) is 0 Å². The zero-order valence-electron chi connectivity index (χ0n) is 15.5. The minimum Gasteiger partial charge on any atom is -0.337 e. The van der Waals surface area contributed by atoms with E-state index in [-0.39, 0.29) is 30.5 Å². The number of carbonyl (C=O) groups is 2. The summed E-state index contributed by atoms with van der Waals surface area (Å²) in [6, 6.07) is 10.8. The Morgan fingerprint density at radius 3 is 2.50 bits per heavy atom. The first kappa shape index (κ1) is 20.8. The quantitative estimate of drug-likeness (QED) is 0.562. The van der Waals surface area contributed by atoms with E-state index in [1.165, 1.54) is 29.2 Å². The lowest BCUT2D eigenvalue weighted by atomic mass is 10.1. The van der Waals surface area contributed by atoms with Crippen LogP contribution in [0, 0.1) is 15.9 Å². The molecule has 0 aromatic heterocycles. The van der Waals surface area contributed by atoms with E-state index in [9.17, 15) is 24.1 Å². The van der Waals surface area contributed by atoms with Gasteiger partial charge >= 0.3 is 6.03 Å². The SMILES string of the molecule is C[C@@H](c1cccc([N+](=O)[O-])c1)N(C)C(=O)CNC(=O)NCc1ccc(F)cc1. The first-order valence-electron chi connectivity index (χ1n) is 8.54. The smallest absolute Gasteiger partial charge is 0.315 e. The van der Waals surface area contributed by atoms with E-state index >= 15 is 0 Å². The standard InChI is InChI=1S/C19H21FN4O4/c1-13(15-4-3-5-17(10-15)24(27)28)23(2)18(25)12-22-19(26)21-11-14-6-8-16(20)9-7-14/h3-10,13H,11-12H2,1-2H3,(H2,21,22,26)/t13-/m0/s1. The summed E-state index contributed by atoms with van der Waals surface area (Å²) in [6.07, 6.45) is 0. The summed E-state index contributed by atoms with van der Waals surface area (Å²) in [5.41, 5.74) is 1.29. The number of nitro benzene ring substituents is 1. The molecule has 0 fully saturated rings. The molecule has 0 aliphatic heterocycles. The number of nitrogens with zero attached hydrogens (tertiary/aromatic N) is 2. The Morgan fingerprint density at radius 2 is 1.86 bits per heavy atom. The number of hydrogen-bond donors (Lipinski definition) is 2. The first-order chi connectivity index (χ1) is 13.3. The van der Waals surface area contributed by atoms with Crippen LogP contribution in [0.4, 0.5) is 14.9 Å². The van der Waals surface area contributed by atoms with Gasteiger partial charge in [0.2, 0.25) is 5.91 Å². The highest BCUT2D eigenvalue weighted by Gasteiger charge is 2.19. The maximum Gasteiger partial charge on any atom is 0.315 e. The number of hydrogen-bond acceptors (Lipinski definition) is 4. The first-order valence-corrected chi connectivity index (χ1v) is 8.54. The summed E-state index contributed by atoms with van der Waals surface area (Å²) in [7, 11) is 1.56. The van der Waals surface area contributed by atoms with Crippen molar-refractivity contribution in [2.75, 3.05) is 13.6 Å². The van der Waals surface area contributed by atoms with Gasteiger partial charge in [-0.2, -0.15) is 0 Å². The van der Waals surface area contributed by atoms with E-state index in [1.807, 2.05) is 0 Å². The molecule has 0 aliphatic rings. The van der Waals surface area contributed by atoms with E-state index in [0.29, 0.717) is 5.56 Å². The summed E-state index contributed by atoms with van der Waals surface area (Å²) < 4.78 is 12.8. The molecule has 1 atom stereocenters. The molecule has 0 heterocycles. The van der Waals surface area contributed by atoms with Gasteiger partial charge in [-0.05, 0) is 30.2 Å². The van der Waals surface area contributed by atoms with Crippen molar-refractivity contribution in [2.24, 2.45) is 0 Å². The highest BCUT2D eigenvalue weighted by molar-refractivity contribution is 5.84. The minimum atomic E-state index is -0.533. The maximum absolute atomic E-state index is 12.8. The Labute approximate surface area is 161 Å². The molecule has 0 unspecified atom stereocenters. The van der Waals surface area contributed by atoms with E-state index in [4.69, 9.17) is 0 Å². The third-order valence-corrected chi connectivity index (χ3v) is 4.30. The lowest BCUT2D eigenvalue weighted by Crippen LogP contribution is -2.43. The highest BCUT2D eigenvalue weighted by atomic mass is 19.1. The number of urea groups is 1. The molecule has 2 aromatic carbocycles. The van der Waals surface area contributed by atoms with Gasteiger partial charge in [0.1, 0.15) is 5.82 Å². The Bertz CT molecular complexity index is 857. The molecular formula is C19H21FN4O4. The number of nitro groups is 1. The molecule has 3 amide bonds. The van der Waals surface area contributed by atoms with Crippen molar-refractivity contribution in [2.45, 2.75) is 19.5 Å². The van der Waals surface area contributed by atoms with Crippen LogP contribution in [0.25, 0.3) is 0 Å². The van der Waals surface area contributed by atoms with Crippen molar-refractivity contribution in [1.29, 1.82) is 0 Å². The molecule has 0 spiro atoms. The number of benzene rings is 2. The third-order valence-electron chi connectivity index (χ3n) is 4.30. The van der Waals surface area contributed by atoms with E-state index in [0.717, 1.165) is 5.56 Å². The second kappa shape index (κ2) is 9.45. The van der Waals surface area contributed by atoms with Gasteiger partial charge in [-0.1, -0.05) is 24.3 Å². The summed E-state index contributed by atoms with van der Waals surface area (Å²) in [5, 5.41) is 15.9. The van der Waals surface area contributed by atoms with Crippen LogP contribution in [-0.2, 0) is 11.3 Å². The van der Waals surface area contributed by atoms with Crippen molar-refractivity contribution < 1.29 is 18.9 Å². The van der Waals surface area contributed by atoms with E-state index < -0.39 is 17.0 Å². The van der Waals surface area contributed by atoms with Gasteiger partial charge in [0, 0.05) is 25.7 Å². The zero-order valence-corrected chi connectivity index (χ0v) is 15.5. The molecule has 0 aliphatic carbocycles. The molecule has 2 N–H and O–H groups in total. The molecule has 8 nitrogen and oxygen atoms in total. The predicted octanol–water partition coefficient (Wildman–Crippen LogP) is 2.75. The van der Waals surface area contributed by atoms with Crippen LogP contribution < -0.4 is 10.6 Å². The average molecular weight is 388 g/mol. The molecule has 9 heteroatoms. The molecule has 0 radical (unpaired) electrons. The number of carbonyl (C=O) groups excluding carboxylic acids is 2. The van der Waals surface area contributed by atoms with Crippen molar-refractivity contribution in [1.82, 2.24) is 15.5 Å². The fraction of sp³-hybridized carbons (Fsp3) is 0.263. The Balaban J connectivity index is 1.84. The van der Waals surface area contributed by atoms with Gasteiger partial charge in [-0.15, -0.1) is 0 Å². The molecule has 0 saturated carbocycles. The molecule has 2 rings (SSSR count). The van der Waals surface area contributed by atoms with Crippen LogP contribution in [0.3, 0.4) is 0 Å².